The molecule has 0 atom stereocenters. The maximum atomic E-state index is 13.0. The van der Waals surface area contributed by atoms with E-state index < -0.39 is 0 Å². The number of hydrogen-bond acceptors (Lipinski definition) is 3. The van der Waals surface area contributed by atoms with Crippen molar-refractivity contribution < 1.29 is 9.13 Å². The van der Waals surface area contributed by atoms with Crippen LogP contribution in [0.25, 0.3) is 0 Å². The van der Waals surface area contributed by atoms with Crippen LogP contribution in [0.3, 0.4) is 0 Å². The summed E-state index contributed by atoms with van der Waals surface area (Å²) in [6, 6.07) is 4.59. The van der Waals surface area contributed by atoms with Gasteiger partial charge in [-0.2, -0.15) is 0 Å². The zero-order valence-electron chi connectivity index (χ0n) is 9.15. The Hall–Kier alpha value is -1.68. The topological polar surface area (TPSA) is 35.0 Å². The Morgan fingerprint density at radius 2 is 2.12 bits per heavy atom. The van der Waals surface area contributed by atoms with E-state index in [1.807, 2.05) is 0 Å². The van der Waals surface area contributed by atoms with Crippen molar-refractivity contribution in [3.8, 4) is 5.75 Å². The number of rotatable bonds is 3. The maximum Gasteiger partial charge on any atom is 0.147 e. The first kappa shape index (κ1) is 11.8. The second kappa shape index (κ2) is 5.10. The molecule has 3 nitrogen and oxygen atoms in total. The lowest BCUT2D eigenvalue weighted by molar-refractivity contribution is 0.300. The Kier molecular flexibility index (Phi) is 3.54. The van der Waals surface area contributed by atoms with Crippen molar-refractivity contribution in [1.29, 1.82) is 0 Å². The molecule has 0 saturated carbocycles. The fourth-order valence-corrected chi connectivity index (χ4v) is 1.38. The van der Waals surface area contributed by atoms with Crippen LogP contribution in [0, 0.1) is 12.7 Å². The summed E-state index contributed by atoms with van der Waals surface area (Å²) in [4.78, 5) is 7.93. The van der Waals surface area contributed by atoms with Gasteiger partial charge in [0.15, 0.2) is 0 Å². The lowest BCUT2D eigenvalue weighted by Gasteiger charge is -2.06. The van der Waals surface area contributed by atoms with Gasteiger partial charge in [-0.25, -0.2) is 9.37 Å². The number of aryl methyl sites for hydroxylation is 1. The van der Waals surface area contributed by atoms with Gasteiger partial charge in [0.1, 0.15) is 23.3 Å². The van der Waals surface area contributed by atoms with Crippen molar-refractivity contribution >= 4 is 11.6 Å². The SMILES string of the molecule is Cc1cc(OCc2cnc(Cl)cn2)ccc1F. The lowest BCUT2D eigenvalue weighted by Crippen LogP contribution is -1.99. The van der Waals surface area contributed by atoms with Crippen molar-refractivity contribution in [2.24, 2.45) is 0 Å². The summed E-state index contributed by atoms with van der Waals surface area (Å²) >= 11 is 5.61. The summed E-state index contributed by atoms with van der Waals surface area (Å²) < 4.78 is 18.5. The van der Waals surface area contributed by atoms with Gasteiger partial charge in [-0.05, 0) is 30.7 Å². The highest BCUT2D eigenvalue weighted by Gasteiger charge is 2.01. The van der Waals surface area contributed by atoms with Crippen molar-refractivity contribution in [3.63, 3.8) is 0 Å². The highest BCUT2D eigenvalue weighted by atomic mass is 35.5. The monoisotopic (exact) mass is 252 g/mol. The molecule has 0 spiro atoms. The summed E-state index contributed by atoms with van der Waals surface area (Å²) in [6.07, 6.45) is 2.99. The van der Waals surface area contributed by atoms with Crippen LogP contribution < -0.4 is 4.74 Å². The van der Waals surface area contributed by atoms with E-state index in [1.165, 1.54) is 12.3 Å². The summed E-state index contributed by atoms with van der Waals surface area (Å²) in [5, 5.41) is 0.339. The number of halogens is 2. The molecule has 0 radical (unpaired) electrons. The van der Waals surface area contributed by atoms with E-state index in [9.17, 15) is 4.39 Å². The highest BCUT2D eigenvalue weighted by molar-refractivity contribution is 6.29. The zero-order valence-corrected chi connectivity index (χ0v) is 9.91. The maximum absolute atomic E-state index is 13.0. The minimum absolute atomic E-state index is 0.247. The van der Waals surface area contributed by atoms with Gasteiger partial charge in [-0.15, -0.1) is 0 Å². The molecule has 1 aromatic heterocycles. The number of benzene rings is 1. The molecule has 0 saturated heterocycles. The first-order valence-electron chi connectivity index (χ1n) is 5.00. The molecule has 1 aromatic carbocycles. The van der Waals surface area contributed by atoms with E-state index in [0.29, 0.717) is 22.2 Å². The van der Waals surface area contributed by atoms with Crippen molar-refractivity contribution in [1.82, 2.24) is 9.97 Å². The van der Waals surface area contributed by atoms with E-state index in [-0.39, 0.29) is 12.4 Å². The summed E-state index contributed by atoms with van der Waals surface area (Å²) in [7, 11) is 0. The van der Waals surface area contributed by atoms with Crippen LogP contribution in [0.1, 0.15) is 11.3 Å². The molecule has 0 fully saturated rings. The molecular weight excluding hydrogens is 243 g/mol. The number of nitrogens with zero attached hydrogens (tertiary/aromatic N) is 2. The molecule has 0 aliphatic carbocycles. The van der Waals surface area contributed by atoms with Gasteiger partial charge in [0, 0.05) is 0 Å². The molecule has 2 aromatic rings. The molecule has 0 amide bonds. The third kappa shape index (κ3) is 3.14. The van der Waals surface area contributed by atoms with Crippen LogP contribution in [0.5, 0.6) is 5.75 Å². The summed E-state index contributed by atoms with van der Waals surface area (Å²) in [5.74, 6) is 0.351. The summed E-state index contributed by atoms with van der Waals surface area (Å²) in [6.45, 7) is 1.96. The number of aromatic nitrogens is 2. The van der Waals surface area contributed by atoms with E-state index in [1.54, 1.807) is 25.3 Å². The van der Waals surface area contributed by atoms with E-state index in [4.69, 9.17) is 16.3 Å². The van der Waals surface area contributed by atoms with Crippen molar-refractivity contribution in [2.75, 3.05) is 0 Å². The van der Waals surface area contributed by atoms with Crippen LogP contribution >= 0.6 is 11.6 Å². The first-order chi connectivity index (χ1) is 8.15. The Morgan fingerprint density at radius 3 is 2.76 bits per heavy atom. The Morgan fingerprint density at radius 1 is 1.29 bits per heavy atom. The van der Waals surface area contributed by atoms with Gasteiger partial charge in [0.2, 0.25) is 0 Å². The normalized spacial score (nSPS) is 10.3. The third-order valence-corrected chi connectivity index (χ3v) is 2.39. The van der Waals surface area contributed by atoms with Crippen LogP contribution in [0.2, 0.25) is 5.15 Å². The van der Waals surface area contributed by atoms with E-state index in [0.717, 1.165) is 0 Å². The molecule has 0 unspecified atom stereocenters. The van der Waals surface area contributed by atoms with Gasteiger partial charge in [0.05, 0.1) is 18.1 Å². The van der Waals surface area contributed by atoms with Crippen LogP contribution in [0.4, 0.5) is 4.39 Å². The van der Waals surface area contributed by atoms with Crippen LogP contribution in [0.15, 0.2) is 30.6 Å². The molecule has 5 heteroatoms. The fraction of sp³-hybridized carbons (Fsp3) is 0.167. The number of hydrogen-bond donors (Lipinski definition) is 0. The second-order valence-corrected chi connectivity index (χ2v) is 3.92. The largest absolute Gasteiger partial charge is 0.487 e. The Bertz CT molecular complexity index is 516. The predicted octanol–water partition coefficient (Wildman–Crippen LogP) is 3.16. The van der Waals surface area contributed by atoms with Crippen molar-refractivity contribution in [3.05, 3.63) is 52.8 Å². The van der Waals surface area contributed by atoms with Gasteiger partial charge in [0.25, 0.3) is 0 Å². The molecule has 17 heavy (non-hydrogen) atoms. The van der Waals surface area contributed by atoms with Crippen LogP contribution in [-0.4, -0.2) is 9.97 Å². The standard InChI is InChI=1S/C12H10ClFN2O/c1-8-4-10(2-3-11(8)14)17-7-9-5-16-12(13)6-15-9/h2-6H,7H2,1H3. The predicted molar refractivity (Wildman–Crippen MR) is 62.5 cm³/mol. The smallest absolute Gasteiger partial charge is 0.147 e. The van der Waals surface area contributed by atoms with Gasteiger partial charge in [-0.1, -0.05) is 11.6 Å². The first-order valence-corrected chi connectivity index (χ1v) is 5.38. The number of ether oxygens (including phenoxy) is 1. The Labute approximate surface area is 103 Å². The minimum atomic E-state index is -0.247. The Balaban J connectivity index is 2.02. The molecule has 0 bridgehead atoms. The van der Waals surface area contributed by atoms with Gasteiger partial charge in [-0.3, -0.25) is 4.98 Å². The fourth-order valence-electron chi connectivity index (χ4n) is 1.28. The second-order valence-electron chi connectivity index (χ2n) is 3.53. The van der Waals surface area contributed by atoms with Crippen LogP contribution in [-0.2, 0) is 6.61 Å². The van der Waals surface area contributed by atoms with E-state index in [2.05, 4.69) is 9.97 Å². The minimum Gasteiger partial charge on any atom is -0.487 e. The van der Waals surface area contributed by atoms with Gasteiger partial charge >= 0.3 is 0 Å². The molecule has 0 aliphatic heterocycles. The van der Waals surface area contributed by atoms with Crippen molar-refractivity contribution in [2.45, 2.75) is 13.5 Å². The molecule has 2 rings (SSSR count). The molecule has 88 valence electrons. The zero-order chi connectivity index (χ0) is 12.3. The average Bonchev–Trinajstić information content (AvgIpc) is 2.33. The molecule has 0 N–H and O–H groups in total. The molecule has 1 heterocycles. The molecule has 0 aliphatic rings. The van der Waals surface area contributed by atoms with Gasteiger partial charge < -0.3 is 4.74 Å². The lowest BCUT2D eigenvalue weighted by atomic mass is 10.2. The average molecular weight is 253 g/mol. The quantitative estimate of drug-likeness (QED) is 0.842. The summed E-state index contributed by atoms with van der Waals surface area (Å²) in [5.41, 5.74) is 1.21. The third-order valence-electron chi connectivity index (χ3n) is 2.19. The molecular formula is C12H10ClFN2O. The highest BCUT2D eigenvalue weighted by Crippen LogP contribution is 2.16. The van der Waals surface area contributed by atoms with E-state index >= 15 is 0 Å².